The van der Waals surface area contributed by atoms with Gasteiger partial charge in [-0.3, -0.25) is 4.79 Å². The van der Waals surface area contributed by atoms with Gasteiger partial charge in [0.15, 0.2) is 11.6 Å². The summed E-state index contributed by atoms with van der Waals surface area (Å²) < 4.78 is 12.6. The molecule has 0 radical (unpaired) electrons. The van der Waals surface area contributed by atoms with E-state index in [0.717, 1.165) is 0 Å². The molecule has 278 valence electrons. The zero-order valence-electron chi connectivity index (χ0n) is 29.9. The van der Waals surface area contributed by atoms with Crippen LogP contribution in [0.3, 0.4) is 0 Å². The smallest absolute Gasteiger partial charge is 0.174 e. The Labute approximate surface area is 292 Å². The molecule has 0 bridgehead atoms. The number of ether oxygens (including phenoxy) is 2. The van der Waals surface area contributed by atoms with Crippen LogP contribution in [-0.2, 0) is 14.3 Å². The summed E-state index contributed by atoms with van der Waals surface area (Å²) in [5, 5.41) is 73.1. The molecular weight excluding hydrogens is 628 g/mol. The van der Waals surface area contributed by atoms with Crippen molar-refractivity contribution in [2.24, 2.45) is 11.8 Å². The fourth-order valence-corrected chi connectivity index (χ4v) is 6.28. The first-order valence-corrected chi connectivity index (χ1v) is 17.7. The Balaban J connectivity index is 1.82. The number of aliphatic hydroxyl groups excluding tert-OH is 7. The van der Waals surface area contributed by atoms with E-state index in [9.17, 15) is 40.5 Å². The Morgan fingerprint density at radius 3 is 1.96 bits per heavy atom. The van der Waals surface area contributed by atoms with Crippen LogP contribution in [0.4, 0.5) is 0 Å². The van der Waals surface area contributed by atoms with Crippen molar-refractivity contribution in [2.45, 2.75) is 153 Å². The normalized spacial score (nSPS) is 29.5. The molecule has 11 atom stereocenters. The quantitative estimate of drug-likeness (QED) is 0.0593. The van der Waals surface area contributed by atoms with Crippen LogP contribution in [0, 0.1) is 11.8 Å². The molecule has 2 saturated heterocycles. The van der Waals surface area contributed by atoms with Gasteiger partial charge in [-0.15, -0.1) is 0 Å². The van der Waals surface area contributed by atoms with Crippen LogP contribution in [0.5, 0.6) is 0 Å². The molecule has 0 saturated carbocycles. The van der Waals surface area contributed by atoms with Gasteiger partial charge in [-0.05, 0) is 57.4 Å². The maximum Gasteiger partial charge on any atom is 0.174 e. The van der Waals surface area contributed by atoms with Crippen molar-refractivity contribution in [2.75, 3.05) is 0 Å². The van der Waals surface area contributed by atoms with E-state index < -0.39 is 60.5 Å². The number of hydrogen-bond donors (Lipinski definition) is 7. The third kappa shape index (κ3) is 16.5. The van der Waals surface area contributed by atoms with Crippen LogP contribution in [0.2, 0.25) is 0 Å². The second kappa shape index (κ2) is 21.9. The summed E-state index contributed by atoms with van der Waals surface area (Å²) in [6.45, 7) is 8.75. The number of aliphatic hydroxyl groups is 7. The van der Waals surface area contributed by atoms with Crippen molar-refractivity contribution in [3.63, 3.8) is 0 Å². The maximum absolute atomic E-state index is 11.2. The molecule has 1 spiro atoms. The number of ketones is 1. The fraction of sp³-hybridized carbons (Fsp3) is 0.667. The summed E-state index contributed by atoms with van der Waals surface area (Å²) in [5.74, 6) is -1.53. The first kappa shape index (κ1) is 42.9. The van der Waals surface area contributed by atoms with Crippen molar-refractivity contribution in [3.8, 4) is 0 Å². The highest BCUT2D eigenvalue weighted by molar-refractivity contribution is 5.92. The van der Waals surface area contributed by atoms with Gasteiger partial charge in [0.05, 0.1) is 54.9 Å². The first-order valence-electron chi connectivity index (χ1n) is 17.7. The molecule has 2 fully saturated rings. The van der Waals surface area contributed by atoms with Crippen LogP contribution in [-0.4, -0.2) is 102 Å². The molecule has 10 nitrogen and oxygen atoms in total. The largest absolute Gasteiger partial charge is 0.393 e. The minimum absolute atomic E-state index is 0.00841. The Hall–Kier alpha value is -2.25. The van der Waals surface area contributed by atoms with Crippen molar-refractivity contribution >= 4 is 5.78 Å². The minimum Gasteiger partial charge on any atom is -0.393 e. The van der Waals surface area contributed by atoms with Crippen molar-refractivity contribution in [1.29, 1.82) is 0 Å². The summed E-state index contributed by atoms with van der Waals surface area (Å²) in [6.07, 6.45) is 15.9. The van der Waals surface area contributed by atoms with E-state index in [4.69, 9.17) is 9.47 Å². The molecule has 0 aromatic rings. The molecule has 0 aromatic carbocycles. The number of rotatable bonds is 19. The fourth-order valence-electron chi connectivity index (χ4n) is 6.28. The highest BCUT2D eigenvalue weighted by Gasteiger charge is 2.47. The lowest BCUT2D eigenvalue weighted by molar-refractivity contribution is -0.331. The monoisotopic (exact) mass is 690 g/mol. The van der Waals surface area contributed by atoms with Crippen molar-refractivity contribution in [3.05, 3.63) is 72.4 Å². The topological polar surface area (TPSA) is 177 Å². The molecule has 0 aromatic heterocycles. The van der Waals surface area contributed by atoms with Crippen LogP contribution < -0.4 is 0 Å². The first-order chi connectivity index (χ1) is 23.1. The number of allylic oxidation sites excluding steroid dienone is 9. The standard InChI is InChI=1S/C39H62O10/c1-26(2)38(47)28(4)37(46)23-32(43)20-31(42)19-30(41)16-14-18-36-22-34(45)25-39(49-36)24-33(44)21-35(48-39)17-13-11-9-7-6-8-10-12-15-27(3)29(5)40/h6-15,18,26,28,30-38,41-47H,16-17,19-25H2,1-5H3. The lowest BCUT2D eigenvalue weighted by Crippen LogP contribution is -2.54. The maximum atomic E-state index is 11.2. The van der Waals surface area contributed by atoms with Crippen LogP contribution >= 0.6 is 0 Å². The molecule has 2 aliphatic heterocycles. The van der Waals surface area contributed by atoms with Gasteiger partial charge in [0.2, 0.25) is 0 Å². The Morgan fingerprint density at radius 2 is 1.33 bits per heavy atom. The summed E-state index contributed by atoms with van der Waals surface area (Å²) >= 11 is 0. The van der Waals surface area contributed by atoms with Gasteiger partial charge in [-0.1, -0.05) is 87.6 Å². The van der Waals surface area contributed by atoms with E-state index in [1.165, 1.54) is 6.92 Å². The molecule has 11 unspecified atom stereocenters. The van der Waals surface area contributed by atoms with E-state index in [0.29, 0.717) is 24.8 Å². The van der Waals surface area contributed by atoms with Gasteiger partial charge in [0.25, 0.3) is 0 Å². The van der Waals surface area contributed by atoms with Gasteiger partial charge >= 0.3 is 0 Å². The molecule has 2 heterocycles. The second-order valence-corrected chi connectivity index (χ2v) is 14.2. The molecule has 49 heavy (non-hydrogen) atoms. The molecule has 0 aliphatic carbocycles. The average molecular weight is 691 g/mol. The number of carbonyl (C=O) groups excluding carboxylic acids is 1. The summed E-state index contributed by atoms with van der Waals surface area (Å²) in [6, 6.07) is 0. The van der Waals surface area contributed by atoms with Crippen LogP contribution in [0.15, 0.2) is 72.4 Å². The number of carbonyl (C=O) groups is 1. The van der Waals surface area contributed by atoms with Gasteiger partial charge in [0.1, 0.15) is 0 Å². The molecule has 2 aliphatic rings. The van der Waals surface area contributed by atoms with Gasteiger partial charge in [0, 0.05) is 31.6 Å². The number of hydrogen-bond acceptors (Lipinski definition) is 10. The Kier molecular flexibility index (Phi) is 19.1. The molecular formula is C39H62O10. The highest BCUT2D eigenvalue weighted by atomic mass is 16.7. The summed E-state index contributed by atoms with van der Waals surface area (Å²) in [5.41, 5.74) is 0.696. The zero-order valence-corrected chi connectivity index (χ0v) is 29.9. The molecule has 0 amide bonds. The van der Waals surface area contributed by atoms with E-state index >= 15 is 0 Å². The van der Waals surface area contributed by atoms with E-state index in [1.54, 1.807) is 32.1 Å². The lowest BCUT2D eigenvalue weighted by atomic mass is 9.87. The van der Waals surface area contributed by atoms with E-state index in [2.05, 4.69) is 0 Å². The Bertz CT molecular complexity index is 1150. The van der Waals surface area contributed by atoms with Crippen LogP contribution in [0.25, 0.3) is 0 Å². The Morgan fingerprint density at radius 1 is 0.755 bits per heavy atom. The minimum atomic E-state index is -1.12. The van der Waals surface area contributed by atoms with Gasteiger partial charge < -0.3 is 45.2 Å². The summed E-state index contributed by atoms with van der Waals surface area (Å²) in [7, 11) is 0. The molecule has 7 N–H and O–H groups in total. The zero-order chi connectivity index (χ0) is 36.6. The van der Waals surface area contributed by atoms with Crippen molar-refractivity contribution in [1.82, 2.24) is 0 Å². The van der Waals surface area contributed by atoms with Gasteiger partial charge in [-0.2, -0.15) is 0 Å². The predicted molar refractivity (Wildman–Crippen MR) is 190 cm³/mol. The second-order valence-electron chi connectivity index (χ2n) is 14.2. The number of Topliss-reactive ketones (excluding diaryl/α,β-unsaturated/α-hetero) is 1. The third-order valence-corrected chi connectivity index (χ3v) is 9.17. The summed E-state index contributed by atoms with van der Waals surface area (Å²) in [4.78, 5) is 11.2. The van der Waals surface area contributed by atoms with E-state index in [1.807, 2.05) is 62.5 Å². The predicted octanol–water partition coefficient (Wildman–Crippen LogP) is 4.13. The van der Waals surface area contributed by atoms with Crippen molar-refractivity contribution < 1.29 is 50.0 Å². The average Bonchev–Trinajstić information content (AvgIpc) is 2.99. The molecule has 10 heteroatoms. The van der Waals surface area contributed by atoms with E-state index in [-0.39, 0.29) is 56.3 Å². The van der Waals surface area contributed by atoms with Crippen LogP contribution in [0.1, 0.15) is 92.4 Å². The molecule has 2 rings (SSSR count). The van der Waals surface area contributed by atoms with Gasteiger partial charge in [-0.25, -0.2) is 0 Å². The third-order valence-electron chi connectivity index (χ3n) is 9.17. The highest BCUT2D eigenvalue weighted by Crippen LogP contribution is 2.40. The SMILES string of the molecule is CC(=O)C(C)=CC=CC=CC=CC=CCC1CC(O)CC2(CC(O)CC(C=CCC(O)CC(O)CC(O)CC(O)C(C)C(O)C(C)C)O2)O1. The lowest BCUT2D eigenvalue weighted by Gasteiger charge is -2.48.